The fourth-order valence-electron chi connectivity index (χ4n) is 4.09. The highest BCUT2D eigenvalue weighted by molar-refractivity contribution is 5.78. The Hall–Kier alpha value is -2.37. The Morgan fingerprint density at radius 2 is 1.96 bits per heavy atom. The molecule has 5 nitrogen and oxygen atoms in total. The van der Waals surface area contributed by atoms with E-state index in [-0.39, 0.29) is 0 Å². The monoisotopic (exact) mass is 378 g/mol. The second-order valence-electron chi connectivity index (χ2n) is 7.48. The summed E-state index contributed by atoms with van der Waals surface area (Å²) in [5.74, 6) is 0.964. The Kier molecular flexibility index (Phi) is 6.24. The van der Waals surface area contributed by atoms with Crippen molar-refractivity contribution in [3.8, 4) is 0 Å². The fraction of sp³-hybridized carbons (Fsp3) is 0.435. The lowest BCUT2D eigenvalue weighted by atomic mass is 9.94. The zero-order valence-corrected chi connectivity index (χ0v) is 16.6. The molecule has 0 radical (unpaired) electrons. The molecule has 148 valence electrons. The maximum absolute atomic E-state index is 5.60. The minimum absolute atomic E-state index is 0.428. The average Bonchev–Trinajstić information content (AvgIpc) is 3.06. The highest BCUT2D eigenvalue weighted by Gasteiger charge is 2.23. The lowest BCUT2D eigenvalue weighted by Crippen LogP contribution is -2.44. The first-order valence-corrected chi connectivity index (χ1v) is 10.4. The van der Waals surface area contributed by atoms with E-state index in [1.54, 1.807) is 0 Å². The van der Waals surface area contributed by atoms with E-state index in [1.807, 2.05) is 13.0 Å². The number of aromatic nitrogens is 2. The molecule has 4 rings (SSSR count). The lowest BCUT2D eigenvalue weighted by molar-refractivity contribution is 0.140. The van der Waals surface area contributed by atoms with Gasteiger partial charge in [0.2, 0.25) is 5.95 Å². The molecule has 3 aromatic rings. The number of nitrogens with one attached hydrogen (secondary N) is 2. The highest BCUT2D eigenvalue weighted by atomic mass is 16.5. The molecule has 2 heterocycles. The third kappa shape index (κ3) is 4.54. The zero-order valence-electron chi connectivity index (χ0n) is 16.6. The van der Waals surface area contributed by atoms with Crippen LogP contribution in [0.3, 0.4) is 0 Å². The summed E-state index contributed by atoms with van der Waals surface area (Å²) in [5, 5.41) is 7.42. The molecule has 1 saturated heterocycles. The molecule has 0 aliphatic carbocycles. The molecule has 1 fully saturated rings. The maximum Gasteiger partial charge on any atom is 0.204 e. The highest BCUT2D eigenvalue weighted by Crippen LogP contribution is 2.23. The predicted octanol–water partition coefficient (Wildman–Crippen LogP) is 3.85. The van der Waals surface area contributed by atoms with Gasteiger partial charge in [-0.1, -0.05) is 42.5 Å². The number of piperidine rings is 1. The van der Waals surface area contributed by atoms with E-state index in [2.05, 4.69) is 63.7 Å². The largest absolute Gasteiger partial charge is 0.380 e. The number of ether oxygens (including phenoxy) is 1. The SMILES string of the molecule is CCOCCn1c(NC2CCNC(Cc3ccccc3)C2)nc2ccccc21. The van der Waals surface area contributed by atoms with Crippen molar-refractivity contribution >= 4 is 17.0 Å². The molecule has 0 saturated carbocycles. The molecule has 2 atom stereocenters. The molecule has 0 spiro atoms. The van der Waals surface area contributed by atoms with Gasteiger partial charge >= 0.3 is 0 Å². The smallest absolute Gasteiger partial charge is 0.204 e. The topological polar surface area (TPSA) is 51.1 Å². The van der Waals surface area contributed by atoms with Crippen molar-refractivity contribution in [2.45, 2.75) is 44.8 Å². The van der Waals surface area contributed by atoms with E-state index in [0.29, 0.717) is 18.7 Å². The van der Waals surface area contributed by atoms with Crippen LogP contribution in [0.15, 0.2) is 54.6 Å². The number of nitrogens with zero attached hydrogens (tertiary/aromatic N) is 2. The third-order valence-corrected chi connectivity index (χ3v) is 5.47. The van der Waals surface area contributed by atoms with Crippen LogP contribution in [0, 0.1) is 0 Å². The van der Waals surface area contributed by atoms with Crippen LogP contribution < -0.4 is 10.6 Å². The van der Waals surface area contributed by atoms with E-state index in [0.717, 1.165) is 50.4 Å². The predicted molar refractivity (Wildman–Crippen MR) is 115 cm³/mol. The van der Waals surface area contributed by atoms with Gasteiger partial charge in [-0.05, 0) is 50.4 Å². The molecule has 1 aliphatic rings. The number of anilines is 1. The normalized spacial score (nSPS) is 19.8. The van der Waals surface area contributed by atoms with Gasteiger partial charge in [0.1, 0.15) is 0 Å². The van der Waals surface area contributed by atoms with Crippen molar-refractivity contribution in [3.05, 3.63) is 60.2 Å². The maximum atomic E-state index is 5.60. The molecular weight excluding hydrogens is 348 g/mol. The van der Waals surface area contributed by atoms with Gasteiger partial charge in [0, 0.05) is 25.2 Å². The summed E-state index contributed by atoms with van der Waals surface area (Å²) >= 11 is 0. The van der Waals surface area contributed by atoms with Crippen LogP contribution in [0.1, 0.15) is 25.3 Å². The summed E-state index contributed by atoms with van der Waals surface area (Å²) in [6.45, 7) is 5.33. The molecule has 1 aromatic heterocycles. The molecule has 0 amide bonds. The quantitative estimate of drug-likeness (QED) is 0.585. The van der Waals surface area contributed by atoms with Crippen molar-refractivity contribution < 1.29 is 4.74 Å². The van der Waals surface area contributed by atoms with Crippen molar-refractivity contribution in [2.75, 3.05) is 25.1 Å². The Morgan fingerprint density at radius 1 is 1.14 bits per heavy atom. The van der Waals surface area contributed by atoms with Gasteiger partial charge in [0.15, 0.2) is 0 Å². The van der Waals surface area contributed by atoms with Crippen molar-refractivity contribution in [1.82, 2.24) is 14.9 Å². The first-order chi connectivity index (χ1) is 13.8. The van der Waals surface area contributed by atoms with Crippen LogP contribution in [-0.2, 0) is 17.7 Å². The van der Waals surface area contributed by atoms with Gasteiger partial charge in [-0.2, -0.15) is 0 Å². The first kappa shape index (κ1) is 19.0. The Labute approximate surface area is 167 Å². The fourth-order valence-corrected chi connectivity index (χ4v) is 4.09. The first-order valence-electron chi connectivity index (χ1n) is 10.4. The summed E-state index contributed by atoms with van der Waals surface area (Å²) in [7, 11) is 0. The average molecular weight is 379 g/mol. The van der Waals surface area contributed by atoms with Crippen LogP contribution in [0.25, 0.3) is 11.0 Å². The molecule has 2 unspecified atom stereocenters. The van der Waals surface area contributed by atoms with E-state index in [1.165, 1.54) is 11.1 Å². The number of fused-ring (bicyclic) bond motifs is 1. The van der Waals surface area contributed by atoms with Crippen LogP contribution in [0.4, 0.5) is 5.95 Å². The summed E-state index contributed by atoms with van der Waals surface area (Å²) < 4.78 is 7.86. The lowest BCUT2D eigenvalue weighted by Gasteiger charge is -2.31. The van der Waals surface area contributed by atoms with Crippen molar-refractivity contribution in [1.29, 1.82) is 0 Å². The standard InChI is InChI=1S/C23H30N4O/c1-2-28-15-14-27-22-11-7-6-10-21(22)26-23(27)25-19-12-13-24-20(17-19)16-18-8-4-3-5-9-18/h3-11,19-20,24H,2,12-17H2,1H3,(H,25,26). The number of imidazole rings is 1. The molecule has 5 heteroatoms. The molecular formula is C23H30N4O. The van der Waals surface area contributed by atoms with Crippen molar-refractivity contribution in [2.24, 2.45) is 0 Å². The summed E-state index contributed by atoms with van der Waals surface area (Å²) in [5.41, 5.74) is 3.60. The number of hydrogen-bond acceptors (Lipinski definition) is 4. The van der Waals surface area contributed by atoms with Gasteiger partial charge in [-0.25, -0.2) is 4.98 Å². The van der Waals surface area contributed by atoms with Gasteiger partial charge in [0.25, 0.3) is 0 Å². The van der Waals surface area contributed by atoms with E-state index in [4.69, 9.17) is 9.72 Å². The minimum atomic E-state index is 0.428. The van der Waals surface area contributed by atoms with Crippen molar-refractivity contribution in [3.63, 3.8) is 0 Å². The van der Waals surface area contributed by atoms with Gasteiger partial charge in [0.05, 0.1) is 17.6 Å². The van der Waals surface area contributed by atoms with E-state index < -0.39 is 0 Å². The summed E-state index contributed by atoms with van der Waals surface area (Å²) in [6.07, 6.45) is 3.28. The number of rotatable bonds is 8. The molecule has 2 N–H and O–H groups in total. The minimum Gasteiger partial charge on any atom is -0.380 e. The van der Waals surface area contributed by atoms with Gasteiger partial charge in [-0.15, -0.1) is 0 Å². The second-order valence-corrected chi connectivity index (χ2v) is 7.48. The number of benzene rings is 2. The molecule has 2 aromatic carbocycles. The summed E-state index contributed by atoms with van der Waals surface area (Å²) in [6, 6.07) is 20.0. The van der Waals surface area contributed by atoms with Gasteiger partial charge in [-0.3, -0.25) is 0 Å². The van der Waals surface area contributed by atoms with E-state index in [9.17, 15) is 0 Å². The molecule has 1 aliphatic heterocycles. The molecule has 28 heavy (non-hydrogen) atoms. The van der Waals surface area contributed by atoms with E-state index >= 15 is 0 Å². The third-order valence-electron chi connectivity index (χ3n) is 5.47. The van der Waals surface area contributed by atoms with Crippen LogP contribution in [0.2, 0.25) is 0 Å². The second kappa shape index (κ2) is 9.22. The Bertz CT molecular complexity index is 877. The molecule has 0 bridgehead atoms. The van der Waals surface area contributed by atoms with Crippen LogP contribution in [-0.4, -0.2) is 41.4 Å². The van der Waals surface area contributed by atoms with Gasteiger partial charge < -0.3 is 19.9 Å². The Balaban J connectivity index is 1.46. The summed E-state index contributed by atoms with van der Waals surface area (Å²) in [4.78, 5) is 4.87. The van der Waals surface area contributed by atoms with Crippen LogP contribution in [0.5, 0.6) is 0 Å². The van der Waals surface area contributed by atoms with Crippen LogP contribution >= 0.6 is 0 Å². The Morgan fingerprint density at radius 3 is 2.82 bits per heavy atom. The zero-order chi connectivity index (χ0) is 19.2. The number of para-hydroxylation sites is 2. The number of hydrogen-bond donors (Lipinski definition) is 2.